The minimum atomic E-state index is 0.271. The Morgan fingerprint density at radius 2 is 2.00 bits per heavy atom. The molecule has 15 heavy (non-hydrogen) atoms. The van der Waals surface area contributed by atoms with Gasteiger partial charge in [-0.2, -0.15) is 0 Å². The molecule has 0 amide bonds. The van der Waals surface area contributed by atoms with Crippen molar-refractivity contribution < 1.29 is 4.42 Å². The molecule has 80 valence electrons. The lowest BCUT2D eigenvalue weighted by Crippen LogP contribution is -1.93. The van der Waals surface area contributed by atoms with Crippen molar-refractivity contribution in [1.29, 1.82) is 0 Å². The number of nitrogens with zero attached hydrogens (tertiary/aromatic N) is 3. The minimum Gasteiger partial charge on any atom is -0.419 e. The van der Waals surface area contributed by atoms with E-state index in [4.69, 9.17) is 4.42 Å². The van der Waals surface area contributed by atoms with Crippen molar-refractivity contribution in [2.75, 3.05) is 0 Å². The second-order valence-corrected chi connectivity index (χ2v) is 4.02. The predicted octanol–water partition coefficient (Wildman–Crippen LogP) is 2.51. The van der Waals surface area contributed by atoms with Crippen molar-refractivity contribution in [3.8, 4) is 11.6 Å². The van der Waals surface area contributed by atoms with Crippen molar-refractivity contribution in [2.24, 2.45) is 7.05 Å². The van der Waals surface area contributed by atoms with Crippen molar-refractivity contribution in [2.45, 2.75) is 26.7 Å². The van der Waals surface area contributed by atoms with Crippen LogP contribution in [0.3, 0.4) is 0 Å². The quantitative estimate of drug-likeness (QED) is 0.756. The molecule has 0 aliphatic heterocycles. The average molecular weight is 205 g/mol. The van der Waals surface area contributed by atoms with E-state index in [1.807, 2.05) is 44.5 Å². The van der Waals surface area contributed by atoms with Gasteiger partial charge in [-0.3, -0.25) is 0 Å². The van der Waals surface area contributed by atoms with Crippen molar-refractivity contribution >= 4 is 0 Å². The molecule has 4 heteroatoms. The fourth-order valence-electron chi connectivity index (χ4n) is 1.40. The van der Waals surface area contributed by atoms with Crippen LogP contribution in [-0.4, -0.2) is 14.8 Å². The van der Waals surface area contributed by atoms with Crippen molar-refractivity contribution in [3.63, 3.8) is 0 Å². The molecule has 2 rings (SSSR count). The third-order valence-corrected chi connectivity index (χ3v) is 2.53. The van der Waals surface area contributed by atoms with E-state index >= 15 is 0 Å². The lowest BCUT2D eigenvalue weighted by Gasteiger charge is -2.00. The molecule has 0 spiro atoms. The van der Waals surface area contributed by atoms with Crippen LogP contribution >= 0.6 is 0 Å². The van der Waals surface area contributed by atoms with E-state index in [1.54, 1.807) is 0 Å². The first-order valence-electron chi connectivity index (χ1n) is 5.05. The number of rotatable bonds is 2. The minimum absolute atomic E-state index is 0.271. The zero-order valence-electron chi connectivity index (χ0n) is 9.48. The van der Waals surface area contributed by atoms with Crippen LogP contribution in [-0.2, 0) is 7.05 Å². The molecule has 0 fully saturated rings. The van der Waals surface area contributed by atoms with E-state index in [9.17, 15) is 0 Å². The third-order valence-electron chi connectivity index (χ3n) is 2.53. The second kappa shape index (κ2) is 3.53. The molecule has 0 radical (unpaired) electrons. The molecule has 2 aromatic heterocycles. The van der Waals surface area contributed by atoms with E-state index in [0.29, 0.717) is 11.8 Å². The Kier molecular flexibility index (Phi) is 2.34. The highest BCUT2D eigenvalue weighted by Crippen LogP contribution is 2.22. The van der Waals surface area contributed by atoms with Gasteiger partial charge in [0, 0.05) is 18.7 Å². The lowest BCUT2D eigenvalue weighted by atomic mass is 10.2. The molecule has 4 nitrogen and oxygen atoms in total. The number of hydrogen-bond acceptors (Lipinski definition) is 3. The first kappa shape index (κ1) is 9.96. The summed E-state index contributed by atoms with van der Waals surface area (Å²) in [4.78, 5) is 0. The first-order chi connectivity index (χ1) is 7.09. The van der Waals surface area contributed by atoms with E-state index in [0.717, 1.165) is 5.69 Å². The maximum absolute atomic E-state index is 5.58. The molecule has 0 saturated heterocycles. The van der Waals surface area contributed by atoms with Crippen LogP contribution in [0, 0.1) is 6.92 Å². The summed E-state index contributed by atoms with van der Waals surface area (Å²) in [6.45, 7) is 6.12. The first-order valence-corrected chi connectivity index (χ1v) is 5.05. The van der Waals surface area contributed by atoms with Gasteiger partial charge in [0.05, 0.1) is 0 Å². The highest BCUT2D eigenvalue weighted by atomic mass is 16.4. The summed E-state index contributed by atoms with van der Waals surface area (Å²) in [5.41, 5.74) is 2.14. The Labute approximate surface area is 88.9 Å². The smallest absolute Gasteiger partial charge is 0.264 e. The summed E-state index contributed by atoms with van der Waals surface area (Å²) in [6, 6.07) is 4.03. The van der Waals surface area contributed by atoms with E-state index < -0.39 is 0 Å². The standard InChI is InChI=1S/C11H15N3O/c1-7(2)10-12-13-11(15-10)9-6-5-8(3)14(9)4/h5-7H,1-4H3. The highest BCUT2D eigenvalue weighted by molar-refractivity contribution is 5.48. The van der Waals surface area contributed by atoms with Crippen LogP contribution in [0.25, 0.3) is 11.6 Å². The Morgan fingerprint density at radius 3 is 2.47 bits per heavy atom. The third kappa shape index (κ3) is 1.67. The Balaban J connectivity index is 2.41. The Bertz CT molecular complexity index is 468. The van der Waals surface area contributed by atoms with E-state index in [-0.39, 0.29) is 5.92 Å². The molecule has 0 N–H and O–H groups in total. The summed E-state index contributed by atoms with van der Waals surface area (Å²) in [6.07, 6.45) is 0. The van der Waals surface area contributed by atoms with Gasteiger partial charge in [0.15, 0.2) is 0 Å². The fraction of sp³-hybridized carbons (Fsp3) is 0.455. The molecule has 2 heterocycles. The molecule has 0 aromatic carbocycles. The summed E-state index contributed by atoms with van der Waals surface area (Å²) < 4.78 is 7.62. The molecule has 2 aromatic rings. The summed E-state index contributed by atoms with van der Waals surface area (Å²) in [7, 11) is 1.99. The van der Waals surface area contributed by atoms with Gasteiger partial charge in [-0.1, -0.05) is 13.8 Å². The van der Waals surface area contributed by atoms with Gasteiger partial charge < -0.3 is 8.98 Å². The van der Waals surface area contributed by atoms with Gasteiger partial charge in [0.2, 0.25) is 5.89 Å². The van der Waals surface area contributed by atoms with Crippen LogP contribution in [0.1, 0.15) is 31.4 Å². The molecule has 0 aliphatic rings. The highest BCUT2D eigenvalue weighted by Gasteiger charge is 2.13. The normalized spacial score (nSPS) is 11.3. The summed E-state index contributed by atoms with van der Waals surface area (Å²) >= 11 is 0. The SMILES string of the molecule is Cc1ccc(-c2nnc(C(C)C)o2)n1C. The zero-order chi connectivity index (χ0) is 11.0. The van der Waals surface area contributed by atoms with Crippen molar-refractivity contribution in [3.05, 3.63) is 23.7 Å². The number of aryl methyl sites for hydroxylation is 1. The number of hydrogen-bond donors (Lipinski definition) is 0. The zero-order valence-corrected chi connectivity index (χ0v) is 9.48. The predicted molar refractivity (Wildman–Crippen MR) is 57.5 cm³/mol. The Hall–Kier alpha value is -1.58. The van der Waals surface area contributed by atoms with Crippen LogP contribution in [0.15, 0.2) is 16.5 Å². The van der Waals surface area contributed by atoms with E-state index in [1.165, 1.54) is 5.69 Å². The maximum atomic E-state index is 5.58. The molecule has 0 saturated carbocycles. The van der Waals surface area contributed by atoms with Gasteiger partial charge in [0.1, 0.15) is 5.69 Å². The van der Waals surface area contributed by atoms with Crippen molar-refractivity contribution in [1.82, 2.24) is 14.8 Å². The van der Waals surface area contributed by atoms with Crippen LogP contribution < -0.4 is 0 Å². The van der Waals surface area contributed by atoms with Crippen LogP contribution in [0.2, 0.25) is 0 Å². The van der Waals surface area contributed by atoms with Gasteiger partial charge in [-0.25, -0.2) is 0 Å². The molecule has 0 unspecified atom stereocenters. The molecular formula is C11H15N3O. The summed E-state index contributed by atoms with van der Waals surface area (Å²) in [5, 5.41) is 8.06. The molecule has 0 atom stereocenters. The largest absolute Gasteiger partial charge is 0.419 e. The Morgan fingerprint density at radius 1 is 1.27 bits per heavy atom. The van der Waals surface area contributed by atoms with Crippen LogP contribution in [0.4, 0.5) is 0 Å². The number of aromatic nitrogens is 3. The maximum Gasteiger partial charge on any atom is 0.264 e. The van der Waals surface area contributed by atoms with Gasteiger partial charge in [-0.05, 0) is 19.1 Å². The fourth-order valence-corrected chi connectivity index (χ4v) is 1.40. The van der Waals surface area contributed by atoms with Gasteiger partial charge >= 0.3 is 0 Å². The monoisotopic (exact) mass is 205 g/mol. The average Bonchev–Trinajstić information content (AvgIpc) is 2.76. The van der Waals surface area contributed by atoms with Gasteiger partial charge in [-0.15, -0.1) is 10.2 Å². The summed E-state index contributed by atoms with van der Waals surface area (Å²) in [5.74, 6) is 1.55. The lowest BCUT2D eigenvalue weighted by molar-refractivity contribution is 0.478. The second-order valence-electron chi connectivity index (χ2n) is 4.02. The van der Waals surface area contributed by atoms with Crippen LogP contribution in [0.5, 0.6) is 0 Å². The van der Waals surface area contributed by atoms with E-state index in [2.05, 4.69) is 10.2 Å². The molecular weight excluding hydrogens is 190 g/mol. The molecule has 0 bridgehead atoms. The topological polar surface area (TPSA) is 43.9 Å². The molecule has 0 aliphatic carbocycles. The van der Waals surface area contributed by atoms with Gasteiger partial charge in [0.25, 0.3) is 5.89 Å².